The van der Waals surface area contributed by atoms with Crippen molar-refractivity contribution in [2.24, 2.45) is 11.8 Å². The van der Waals surface area contributed by atoms with Crippen molar-refractivity contribution in [3.8, 4) is 0 Å². The molecule has 1 nitrogen and oxygen atoms in total. The van der Waals surface area contributed by atoms with E-state index in [1.165, 1.54) is 12.8 Å². The lowest BCUT2D eigenvalue weighted by Crippen LogP contribution is -2.12. The Hall–Kier alpha value is -0.820. The number of hydrogen-bond donors (Lipinski definition) is 1. The molecule has 0 aromatic heterocycles. The summed E-state index contributed by atoms with van der Waals surface area (Å²) in [6.07, 6.45) is 3.27. The topological polar surface area (TPSA) is 20.2 Å². The molecule has 0 spiro atoms. The maximum absolute atomic E-state index is 10.2. The van der Waals surface area contributed by atoms with Crippen LogP contribution >= 0.6 is 0 Å². The van der Waals surface area contributed by atoms with E-state index >= 15 is 0 Å². The van der Waals surface area contributed by atoms with Gasteiger partial charge in [0.2, 0.25) is 0 Å². The molecular weight excluding hydrogens is 196 g/mol. The summed E-state index contributed by atoms with van der Waals surface area (Å²) in [5, 5.41) is 10.2. The Morgan fingerprint density at radius 1 is 1.12 bits per heavy atom. The van der Waals surface area contributed by atoms with Gasteiger partial charge in [-0.3, -0.25) is 0 Å². The Bertz CT molecular complexity index is 281. The number of benzene rings is 1. The SMILES string of the molecule is CCCC(C)CC(C)C(O)c1ccccc1. The van der Waals surface area contributed by atoms with Gasteiger partial charge in [0.15, 0.2) is 0 Å². The molecular formula is C15H24O. The highest BCUT2D eigenvalue weighted by Gasteiger charge is 2.18. The molecule has 0 fully saturated rings. The predicted molar refractivity (Wildman–Crippen MR) is 69.3 cm³/mol. The zero-order valence-electron chi connectivity index (χ0n) is 10.7. The van der Waals surface area contributed by atoms with Gasteiger partial charge in [0.25, 0.3) is 0 Å². The van der Waals surface area contributed by atoms with Crippen LogP contribution in [0.1, 0.15) is 51.7 Å². The summed E-state index contributed by atoms with van der Waals surface area (Å²) in [7, 11) is 0. The van der Waals surface area contributed by atoms with Gasteiger partial charge in [-0.2, -0.15) is 0 Å². The summed E-state index contributed by atoms with van der Waals surface area (Å²) in [5.74, 6) is 1.04. The summed E-state index contributed by atoms with van der Waals surface area (Å²) in [6.45, 7) is 6.64. The van der Waals surface area contributed by atoms with Crippen LogP contribution in [-0.2, 0) is 0 Å². The molecule has 0 aliphatic heterocycles. The van der Waals surface area contributed by atoms with E-state index in [-0.39, 0.29) is 6.10 Å². The molecule has 0 amide bonds. The highest BCUT2D eigenvalue weighted by Crippen LogP contribution is 2.28. The molecule has 16 heavy (non-hydrogen) atoms. The monoisotopic (exact) mass is 220 g/mol. The molecule has 1 heteroatoms. The summed E-state index contributed by atoms with van der Waals surface area (Å²) < 4.78 is 0. The van der Waals surface area contributed by atoms with E-state index in [0.29, 0.717) is 11.8 Å². The number of aliphatic hydroxyl groups is 1. The van der Waals surface area contributed by atoms with Crippen LogP contribution in [0.25, 0.3) is 0 Å². The second-order valence-corrected chi connectivity index (χ2v) is 4.96. The molecule has 3 unspecified atom stereocenters. The summed E-state index contributed by atoms with van der Waals surface area (Å²) in [4.78, 5) is 0. The van der Waals surface area contributed by atoms with E-state index in [9.17, 15) is 5.11 Å². The van der Waals surface area contributed by atoms with Crippen LogP contribution in [0, 0.1) is 11.8 Å². The highest BCUT2D eigenvalue weighted by atomic mass is 16.3. The van der Waals surface area contributed by atoms with Crippen LogP contribution in [0.5, 0.6) is 0 Å². The van der Waals surface area contributed by atoms with E-state index < -0.39 is 0 Å². The smallest absolute Gasteiger partial charge is 0.0815 e. The number of hydrogen-bond acceptors (Lipinski definition) is 1. The Kier molecular flexibility index (Phi) is 5.54. The number of aliphatic hydroxyl groups excluding tert-OH is 1. The summed E-state index contributed by atoms with van der Waals surface area (Å²) in [5.41, 5.74) is 1.04. The first kappa shape index (κ1) is 13.2. The predicted octanol–water partition coefficient (Wildman–Crippen LogP) is 4.18. The Morgan fingerprint density at radius 3 is 2.31 bits per heavy atom. The lowest BCUT2D eigenvalue weighted by molar-refractivity contribution is 0.103. The van der Waals surface area contributed by atoms with Gasteiger partial charge >= 0.3 is 0 Å². The van der Waals surface area contributed by atoms with Gasteiger partial charge in [-0.1, -0.05) is 63.9 Å². The van der Waals surface area contributed by atoms with Crippen LogP contribution in [0.4, 0.5) is 0 Å². The van der Waals surface area contributed by atoms with Crippen LogP contribution in [0.2, 0.25) is 0 Å². The van der Waals surface area contributed by atoms with Gasteiger partial charge < -0.3 is 5.11 Å². The van der Waals surface area contributed by atoms with Gasteiger partial charge in [-0.15, -0.1) is 0 Å². The zero-order valence-corrected chi connectivity index (χ0v) is 10.7. The molecule has 0 saturated heterocycles. The molecule has 90 valence electrons. The first-order valence-corrected chi connectivity index (χ1v) is 6.38. The van der Waals surface area contributed by atoms with Crippen LogP contribution in [-0.4, -0.2) is 5.11 Å². The molecule has 0 heterocycles. The van der Waals surface area contributed by atoms with Crippen LogP contribution in [0.3, 0.4) is 0 Å². The van der Waals surface area contributed by atoms with E-state index in [2.05, 4.69) is 20.8 Å². The quantitative estimate of drug-likeness (QED) is 0.762. The Balaban J connectivity index is 2.51. The molecule has 0 saturated carbocycles. The minimum Gasteiger partial charge on any atom is -0.388 e. The van der Waals surface area contributed by atoms with Crippen molar-refractivity contribution in [1.29, 1.82) is 0 Å². The largest absolute Gasteiger partial charge is 0.388 e. The minimum absolute atomic E-state index is 0.319. The molecule has 0 aliphatic rings. The van der Waals surface area contributed by atoms with Crippen molar-refractivity contribution in [3.63, 3.8) is 0 Å². The van der Waals surface area contributed by atoms with E-state index in [4.69, 9.17) is 0 Å². The van der Waals surface area contributed by atoms with Crippen LogP contribution in [0.15, 0.2) is 30.3 Å². The maximum atomic E-state index is 10.2. The molecule has 1 N–H and O–H groups in total. The first-order chi connectivity index (χ1) is 7.65. The maximum Gasteiger partial charge on any atom is 0.0815 e. The Labute approximate surface area is 99.5 Å². The average Bonchev–Trinajstić information content (AvgIpc) is 2.29. The molecule has 3 atom stereocenters. The zero-order chi connectivity index (χ0) is 12.0. The second kappa shape index (κ2) is 6.70. The fourth-order valence-electron chi connectivity index (χ4n) is 2.35. The Morgan fingerprint density at radius 2 is 1.75 bits per heavy atom. The van der Waals surface area contributed by atoms with Crippen molar-refractivity contribution in [2.75, 3.05) is 0 Å². The first-order valence-electron chi connectivity index (χ1n) is 6.38. The summed E-state index contributed by atoms with van der Waals surface area (Å²) >= 11 is 0. The summed E-state index contributed by atoms with van der Waals surface area (Å²) in [6, 6.07) is 9.97. The fourth-order valence-corrected chi connectivity index (χ4v) is 2.35. The third-order valence-corrected chi connectivity index (χ3v) is 3.24. The van der Waals surface area contributed by atoms with Gasteiger partial charge in [0.1, 0.15) is 0 Å². The van der Waals surface area contributed by atoms with Crippen molar-refractivity contribution in [1.82, 2.24) is 0 Å². The van der Waals surface area contributed by atoms with E-state index in [1.54, 1.807) is 0 Å². The molecule has 1 aromatic carbocycles. The molecule has 1 rings (SSSR count). The van der Waals surface area contributed by atoms with Gasteiger partial charge in [0, 0.05) is 0 Å². The van der Waals surface area contributed by atoms with Gasteiger partial charge in [-0.05, 0) is 23.8 Å². The van der Waals surface area contributed by atoms with Crippen molar-refractivity contribution >= 4 is 0 Å². The lowest BCUT2D eigenvalue weighted by Gasteiger charge is -2.22. The standard InChI is InChI=1S/C15H24O/c1-4-8-12(2)11-13(3)15(16)14-9-6-5-7-10-14/h5-7,9-10,12-13,15-16H,4,8,11H2,1-3H3. The highest BCUT2D eigenvalue weighted by molar-refractivity contribution is 5.17. The van der Waals surface area contributed by atoms with Crippen molar-refractivity contribution in [2.45, 2.75) is 46.1 Å². The average molecular weight is 220 g/mol. The van der Waals surface area contributed by atoms with Gasteiger partial charge in [0.05, 0.1) is 6.10 Å². The lowest BCUT2D eigenvalue weighted by atomic mass is 9.87. The molecule has 1 aromatic rings. The second-order valence-electron chi connectivity index (χ2n) is 4.96. The normalized spacial score (nSPS) is 16.8. The van der Waals surface area contributed by atoms with Crippen molar-refractivity contribution in [3.05, 3.63) is 35.9 Å². The van der Waals surface area contributed by atoms with E-state index in [0.717, 1.165) is 12.0 Å². The molecule has 0 aliphatic carbocycles. The van der Waals surface area contributed by atoms with Gasteiger partial charge in [-0.25, -0.2) is 0 Å². The van der Waals surface area contributed by atoms with Crippen molar-refractivity contribution < 1.29 is 5.11 Å². The van der Waals surface area contributed by atoms with Crippen LogP contribution < -0.4 is 0 Å². The third kappa shape index (κ3) is 3.97. The molecule has 0 bridgehead atoms. The molecule has 0 radical (unpaired) electrons. The fraction of sp³-hybridized carbons (Fsp3) is 0.600. The minimum atomic E-state index is -0.319. The van der Waals surface area contributed by atoms with E-state index in [1.807, 2.05) is 30.3 Å². The number of rotatable bonds is 6. The third-order valence-electron chi connectivity index (χ3n) is 3.24.